The Balaban J connectivity index is 0. The minimum Gasteiger partial charge on any atom is -1.00 e. The number of carbonyl (C=O) groups excluding carboxylic acids is 4. The molecule has 0 spiro atoms. The monoisotopic (exact) mass is 1160 g/mol. The van der Waals surface area contributed by atoms with Gasteiger partial charge in [0.25, 0.3) is 11.8 Å². The molecule has 7 rings (SSSR count). The van der Waals surface area contributed by atoms with Gasteiger partial charge in [-0.3, -0.25) is 14.5 Å². The number of methoxy groups -OCH3 is 6. The van der Waals surface area contributed by atoms with Crippen molar-refractivity contribution in [2.24, 2.45) is 5.73 Å². The summed E-state index contributed by atoms with van der Waals surface area (Å²) in [5.74, 6) is 2.39. The number of fused-ring (bicyclic) bond motifs is 2. The zero-order valence-corrected chi connectivity index (χ0v) is 49.6. The minimum atomic E-state index is -0.550. The van der Waals surface area contributed by atoms with Gasteiger partial charge < -0.3 is 62.8 Å². The van der Waals surface area contributed by atoms with E-state index in [2.05, 4.69) is 37.3 Å². The molecular weight excluding hydrogens is 1080 g/mol. The van der Waals surface area contributed by atoms with E-state index in [1.165, 1.54) is 49.8 Å². The summed E-state index contributed by atoms with van der Waals surface area (Å²) in [4.78, 5) is 52.4. The number of halogens is 1. The van der Waals surface area contributed by atoms with Gasteiger partial charge in [0.1, 0.15) is 5.75 Å². The first-order valence-electron chi connectivity index (χ1n) is 25.8. The Labute approximate surface area is 499 Å². The third-order valence-corrected chi connectivity index (χ3v) is 12.4. The summed E-state index contributed by atoms with van der Waals surface area (Å²) in [6.45, 7) is 17.1. The van der Waals surface area contributed by atoms with Gasteiger partial charge in [-0.1, -0.05) is 149 Å². The van der Waals surface area contributed by atoms with E-state index in [0.717, 1.165) is 67.6 Å². The van der Waals surface area contributed by atoms with Crippen LogP contribution in [0.1, 0.15) is 190 Å². The molecule has 2 N–H and O–H groups in total. The van der Waals surface area contributed by atoms with Crippen LogP contribution in [0.2, 0.25) is 0 Å². The minimum absolute atomic E-state index is 0. The average molecular weight is 1170 g/mol. The number of rotatable bonds is 22. The van der Waals surface area contributed by atoms with Gasteiger partial charge in [0.15, 0.2) is 34.4 Å². The van der Waals surface area contributed by atoms with Crippen LogP contribution in [0.25, 0.3) is 4.85 Å². The van der Waals surface area contributed by atoms with Crippen LogP contribution in [0.4, 0.5) is 5.69 Å². The molecule has 2 aliphatic rings. The quantitative estimate of drug-likeness (QED) is 0.0174. The van der Waals surface area contributed by atoms with E-state index in [1.54, 1.807) is 109 Å². The molecule has 0 radical (unpaired) electrons. The Morgan fingerprint density at radius 1 is 0.519 bits per heavy atom. The smallest absolute Gasteiger partial charge is 1.00 e. The van der Waals surface area contributed by atoms with Crippen LogP contribution < -0.4 is 51.1 Å². The number of unbranched alkanes of at least 4 members (excludes halogenated alkanes) is 9. The Morgan fingerprint density at radius 2 is 0.899 bits per heavy atom. The van der Waals surface area contributed by atoms with Crippen molar-refractivity contribution in [3.63, 3.8) is 0 Å². The van der Waals surface area contributed by atoms with Gasteiger partial charge in [-0.15, -0.1) is 0 Å². The van der Waals surface area contributed by atoms with Crippen molar-refractivity contribution in [2.75, 3.05) is 42.7 Å². The third kappa shape index (κ3) is 22.9. The maximum Gasteiger partial charge on any atom is 2.00 e. The molecule has 79 heavy (non-hydrogen) atoms. The second-order valence-corrected chi connectivity index (χ2v) is 17.5. The van der Waals surface area contributed by atoms with Crippen molar-refractivity contribution < 1.29 is 69.3 Å². The molecule has 0 saturated heterocycles. The molecule has 2 amide bonds. The molecule has 0 bridgehead atoms. The van der Waals surface area contributed by atoms with Gasteiger partial charge in [0.2, 0.25) is 0 Å². The second-order valence-electron chi connectivity index (χ2n) is 17.5. The molecule has 2 aliphatic heterocycles. The number of hydrogen-bond donors (Lipinski definition) is 1. The van der Waals surface area contributed by atoms with Crippen LogP contribution >= 0.6 is 0 Å². The molecule has 2 atom stereocenters. The normalized spacial score (nSPS) is 11.8. The largest absolute Gasteiger partial charge is 2.00 e. The zero-order chi connectivity index (χ0) is 55.1. The number of imide groups is 1. The van der Waals surface area contributed by atoms with Gasteiger partial charge >= 0.3 is 35.0 Å². The molecule has 0 aliphatic carbocycles. The summed E-state index contributed by atoms with van der Waals surface area (Å²) in [6.07, 6.45) is 16.1. The molecule has 2 unspecified atom stereocenters. The Hall–Kier alpha value is -6.12. The van der Waals surface area contributed by atoms with E-state index in [4.69, 9.17) is 40.7 Å². The van der Waals surface area contributed by atoms with E-state index in [-0.39, 0.29) is 78.8 Å². The molecule has 16 heteroatoms. The van der Waals surface area contributed by atoms with Gasteiger partial charge in [0.05, 0.1) is 77.5 Å². The third-order valence-electron chi connectivity index (χ3n) is 12.4. The maximum atomic E-state index is 13.0. The van der Waals surface area contributed by atoms with Crippen LogP contribution in [0.15, 0.2) is 103 Å². The Bertz CT molecular complexity index is 2550. The van der Waals surface area contributed by atoms with E-state index in [0.29, 0.717) is 50.9 Å². The molecule has 5 aromatic rings. The molecule has 14 nitrogen and oxygen atoms in total. The fraction of sp³-hybridized carbons (Fsp3) is 0.429. The number of amides is 2. The fourth-order valence-electron chi connectivity index (χ4n) is 8.16. The first-order chi connectivity index (χ1) is 36.4. The standard InChI is InChI=1S/C23H27NO4.C15H25NO2.C9H9NO2.C8H4O3.C6H13.2CH4.BrH.Mg/c1-4-5-6-7-12-19(16-13-14-20(27-2)21(15-16)28-3)24-22(25)17-10-8-9-11-18(17)23(24)26;1-4-5-6-7-8-13(16)12-9-10-14(17-2)15(11-12)18-3;1-10-7-4-5-8(11-2)9(6-7)12-3;9-7-5-3-1-2-4-6(5)8(10)11-7;1-3-5-6-4-2;;;;/h8-11,13-15,19H,4-7,12H2,1-3H3;9-11,13H,4-8,16H2,1-3H3;4-6H,2-3H3;1-4H;1,3-6H2,2H3;2*1H4;1H;/q;;;;-1;;;;+2/p-1. The van der Waals surface area contributed by atoms with Gasteiger partial charge in [-0.05, 0) is 84.6 Å². The van der Waals surface area contributed by atoms with Gasteiger partial charge in [0, 0.05) is 6.04 Å². The predicted octanol–water partition coefficient (Wildman–Crippen LogP) is 12.2. The van der Waals surface area contributed by atoms with Crippen molar-refractivity contribution in [3.05, 3.63) is 155 Å². The Kier molecular flexibility index (Phi) is 39.7. The van der Waals surface area contributed by atoms with Crippen molar-refractivity contribution in [2.45, 2.75) is 138 Å². The zero-order valence-electron chi connectivity index (χ0n) is 46.6. The van der Waals surface area contributed by atoms with Crippen LogP contribution in [0.5, 0.6) is 34.5 Å². The van der Waals surface area contributed by atoms with E-state index < -0.39 is 11.9 Å². The number of hydrogen-bond acceptors (Lipinski definition) is 12. The molecule has 5 aromatic carbocycles. The summed E-state index contributed by atoms with van der Waals surface area (Å²) in [5, 5.41) is 0. The first kappa shape index (κ1) is 74.9. The molecule has 2 heterocycles. The SMILES string of the molecule is C.C.CCCCCCC(N)c1ccc(OC)c(OC)c1.CCCCCCC(c1ccc(OC)c(OC)c1)N1C(=O)c2ccccc2C1=O.O=C1OC(=O)c2ccccc21.[Br-].[C-]#[N+]c1ccc(OC)c(OC)c1.[CH2-]CCCCC.[Mg+2]. The van der Waals surface area contributed by atoms with Gasteiger partial charge in [-0.25, -0.2) is 14.4 Å². The molecular formula is C63H86BrMgN3O11. The predicted molar refractivity (Wildman–Crippen MR) is 314 cm³/mol. The van der Waals surface area contributed by atoms with Crippen molar-refractivity contribution >= 4 is 52.5 Å². The number of carbonyl (C=O) groups is 4. The van der Waals surface area contributed by atoms with Crippen LogP contribution in [0.3, 0.4) is 0 Å². The van der Waals surface area contributed by atoms with E-state index in [9.17, 15) is 19.2 Å². The van der Waals surface area contributed by atoms with E-state index >= 15 is 0 Å². The topological polar surface area (TPSA) is 167 Å². The van der Waals surface area contributed by atoms with E-state index in [1.807, 2.05) is 36.4 Å². The van der Waals surface area contributed by atoms with Crippen LogP contribution in [-0.2, 0) is 4.74 Å². The summed E-state index contributed by atoms with van der Waals surface area (Å²) < 4.78 is 35.6. The summed E-state index contributed by atoms with van der Waals surface area (Å²) in [5.41, 5.74) is 10.4. The second kappa shape index (κ2) is 41.9. The number of nitrogens with zero attached hydrogens (tertiary/aromatic N) is 2. The number of esters is 2. The van der Waals surface area contributed by atoms with Crippen LogP contribution in [-0.4, -0.2) is 94.4 Å². The average Bonchev–Trinajstić information content (AvgIpc) is 3.89. The molecule has 0 aromatic heterocycles. The van der Waals surface area contributed by atoms with Crippen LogP contribution in [0, 0.1) is 13.5 Å². The fourth-order valence-corrected chi connectivity index (χ4v) is 8.16. The molecule has 0 fully saturated rings. The first-order valence-corrected chi connectivity index (χ1v) is 25.8. The maximum absolute atomic E-state index is 13.0. The Morgan fingerprint density at radius 3 is 1.30 bits per heavy atom. The summed E-state index contributed by atoms with van der Waals surface area (Å²) in [6, 6.07) is 29.9. The molecule has 428 valence electrons. The molecule has 0 saturated carbocycles. The summed E-state index contributed by atoms with van der Waals surface area (Å²) >= 11 is 0. The number of ether oxygens (including phenoxy) is 7. The summed E-state index contributed by atoms with van der Waals surface area (Å²) in [7, 11) is 9.57. The number of cyclic esters (lactones) is 2. The van der Waals surface area contributed by atoms with Crippen molar-refractivity contribution in [1.82, 2.24) is 4.90 Å². The van der Waals surface area contributed by atoms with Gasteiger partial charge in [-0.2, -0.15) is 6.42 Å². The number of nitrogens with two attached hydrogens (primary N) is 1. The van der Waals surface area contributed by atoms with Crippen molar-refractivity contribution in [3.8, 4) is 34.5 Å². The number of benzene rings is 5. The van der Waals surface area contributed by atoms with Crippen molar-refractivity contribution in [1.29, 1.82) is 0 Å².